The summed E-state index contributed by atoms with van der Waals surface area (Å²) in [7, 11) is 8.43. The lowest BCUT2D eigenvalue weighted by atomic mass is 9.90. The number of carboxylic acid groups (broad SMARTS) is 2. The van der Waals surface area contributed by atoms with Crippen LogP contribution in [0.5, 0.6) is 23.0 Å². The summed E-state index contributed by atoms with van der Waals surface area (Å²) in [5, 5.41) is 42.8. The molecular weight excluding hydrogens is 889 g/mol. The van der Waals surface area contributed by atoms with E-state index in [4.69, 9.17) is 9.47 Å². The molecule has 0 spiro atoms. The molecule has 2 heterocycles. The average Bonchev–Trinajstić information content (AvgIpc) is 3.63. The molecule has 0 radical (unpaired) electrons. The van der Waals surface area contributed by atoms with Gasteiger partial charge in [-0.1, -0.05) is 146 Å². The first-order valence-electron chi connectivity index (χ1n) is 23.6. The molecule has 8 aromatic rings. The van der Waals surface area contributed by atoms with E-state index in [9.17, 15) is 30.0 Å². The van der Waals surface area contributed by atoms with E-state index in [1.54, 1.807) is 48.5 Å². The maximum atomic E-state index is 11.6. The number of benzene rings is 8. The molecule has 8 aromatic carbocycles. The van der Waals surface area contributed by atoms with E-state index >= 15 is 0 Å². The maximum Gasteiger partial charge on any atom is 0.339 e. The van der Waals surface area contributed by atoms with Crippen LogP contribution in [0.3, 0.4) is 0 Å². The first-order chi connectivity index (χ1) is 34.4. The quantitative estimate of drug-likeness (QED) is 0.105. The Morgan fingerprint density at radius 2 is 0.845 bits per heavy atom. The molecule has 0 aromatic heterocycles. The fourth-order valence-electron chi connectivity index (χ4n) is 9.11. The number of aromatic hydroxyl groups is 2. The second kappa shape index (κ2) is 22.5. The highest BCUT2D eigenvalue weighted by Crippen LogP contribution is 2.40. The van der Waals surface area contributed by atoms with Gasteiger partial charge in [0.25, 0.3) is 0 Å². The van der Waals surface area contributed by atoms with Gasteiger partial charge in [-0.3, -0.25) is 0 Å². The van der Waals surface area contributed by atoms with Gasteiger partial charge in [0, 0.05) is 41.8 Å². The Labute approximate surface area is 414 Å². The van der Waals surface area contributed by atoms with Crippen LogP contribution >= 0.6 is 0 Å². The maximum absolute atomic E-state index is 11.6. The Bertz CT molecular complexity index is 2980. The van der Waals surface area contributed by atoms with E-state index in [-0.39, 0.29) is 17.5 Å². The molecule has 0 saturated carbocycles. The van der Waals surface area contributed by atoms with Crippen molar-refractivity contribution >= 4 is 44.6 Å². The topological polar surface area (TPSA) is 140 Å². The van der Waals surface area contributed by atoms with Crippen molar-refractivity contribution in [3.63, 3.8) is 0 Å². The Balaban J connectivity index is 0.000000146. The second-order valence-electron chi connectivity index (χ2n) is 18.0. The van der Waals surface area contributed by atoms with E-state index < -0.39 is 23.4 Å². The monoisotopic (exact) mass is 946 g/mol. The summed E-state index contributed by atoms with van der Waals surface area (Å²) in [5.74, 6) is -1.40. The lowest BCUT2D eigenvalue weighted by Gasteiger charge is -2.16. The summed E-state index contributed by atoms with van der Waals surface area (Å²) >= 11 is 0. The molecule has 0 unspecified atom stereocenters. The average molecular weight is 947 g/mol. The second-order valence-corrected chi connectivity index (χ2v) is 18.0. The summed E-state index contributed by atoms with van der Waals surface area (Å²) in [6.45, 7) is 3.37. The van der Waals surface area contributed by atoms with Crippen molar-refractivity contribution in [1.29, 1.82) is 0 Å². The van der Waals surface area contributed by atoms with Crippen LogP contribution < -0.4 is 9.47 Å². The number of phenols is 2. The fourth-order valence-corrected chi connectivity index (χ4v) is 9.11. The number of ether oxygens (including phenoxy) is 2. The Morgan fingerprint density at radius 3 is 1.24 bits per heavy atom. The van der Waals surface area contributed by atoms with Crippen LogP contribution in [0.2, 0.25) is 0 Å². The standard InChI is InChI=1S/C23H16O6.2C19H21NO/c24-20-16(14-7-3-1-5-12(14)9-18(20)22(26)27)11-17-15-8-4-2-6-13(15)10-19(21(17)25)23(28)29;2*1-20(2)13-7-11-17-16-9-4-3-8-15(16)14-21-19-12-6-5-10-18(17)19/h1-10,24-25H,11H2,(H,26,27)(H,28,29);2*3-6,8-12H,7,13-14H2,1-2H3/b;2*17-11+. The Morgan fingerprint density at radius 1 is 0.493 bits per heavy atom. The zero-order valence-electron chi connectivity index (χ0n) is 40.4. The number of aromatic carboxylic acids is 2. The van der Waals surface area contributed by atoms with Gasteiger partial charge in [-0.05, 0) is 120 Å². The highest BCUT2D eigenvalue weighted by atomic mass is 16.5. The molecule has 0 fully saturated rings. The normalized spacial score (nSPS) is 13.5. The van der Waals surface area contributed by atoms with E-state index in [0.717, 1.165) is 37.4 Å². The third-order valence-electron chi connectivity index (χ3n) is 12.7. The number of nitrogens with zero attached hydrogens (tertiary/aromatic N) is 2. The van der Waals surface area contributed by atoms with Gasteiger partial charge in [0.15, 0.2) is 0 Å². The predicted octanol–water partition coefficient (Wildman–Crippen LogP) is 12.3. The van der Waals surface area contributed by atoms with Crippen LogP contribution in [0, 0.1) is 0 Å². The molecule has 0 aliphatic carbocycles. The number of hydrogen-bond donors (Lipinski definition) is 4. The van der Waals surface area contributed by atoms with Crippen LogP contribution in [-0.4, -0.2) is 83.4 Å². The molecule has 10 nitrogen and oxygen atoms in total. The van der Waals surface area contributed by atoms with Crippen LogP contribution in [0.25, 0.3) is 32.7 Å². The van der Waals surface area contributed by atoms with Crippen LogP contribution in [0.1, 0.15) is 78.1 Å². The zero-order valence-corrected chi connectivity index (χ0v) is 40.4. The summed E-state index contributed by atoms with van der Waals surface area (Å²) in [5.41, 5.74) is 10.2. The lowest BCUT2D eigenvalue weighted by Crippen LogP contribution is -2.12. The van der Waals surface area contributed by atoms with Crippen LogP contribution in [0.15, 0.2) is 170 Å². The van der Waals surface area contributed by atoms with Crippen molar-refractivity contribution in [3.8, 4) is 23.0 Å². The van der Waals surface area contributed by atoms with Crippen molar-refractivity contribution in [1.82, 2.24) is 9.80 Å². The van der Waals surface area contributed by atoms with Gasteiger partial charge in [0.2, 0.25) is 0 Å². The number of fused-ring (bicyclic) bond motifs is 6. The summed E-state index contributed by atoms with van der Waals surface area (Å²) in [6, 6.07) is 50.5. The molecule has 2 aliphatic rings. The van der Waals surface area contributed by atoms with E-state index in [1.807, 2.05) is 12.1 Å². The summed E-state index contributed by atoms with van der Waals surface area (Å²) in [4.78, 5) is 27.6. The SMILES string of the molecule is CN(C)CC/C=C1\c2ccccc2COc2ccccc21.CN(C)CC/C=C1\c2ccccc2COc2ccccc21.O=C(O)c1cc2ccccc2c(Cc2c(O)c(C(=O)O)cc3ccccc23)c1O. The number of para-hydroxylation sites is 2. The van der Waals surface area contributed by atoms with E-state index in [2.05, 4.69) is 135 Å². The van der Waals surface area contributed by atoms with Crippen molar-refractivity contribution < 1.29 is 39.5 Å². The largest absolute Gasteiger partial charge is 0.507 e. The molecule has 10 heteroatoms. The number of carboxylic acids is 2. The van der Waals surface area contributed by atoms with Gasteiger partial charge < -0.3 is 39.7 Å². The molecule has 10 rings (SSSR count). The molecule has 2 aliphatic heterocycles. The summed E-state index contributed by atoms with van der Waals surface area (Å²) in [6.07, 6.45) is 6.70. The summed E-state index contributed by atoms with van der Waals surface area (Å²) < 4.78 is 12.0. The molecule has 0 amide bonds. The molecule has 71 heavy (non-hydrogen) atoms. The van der Waals surface area contributed by atoms with Crippen molar-refractivity contribution in [3.05, 3.63) is 226 Å². The van der Waals surface area contributed by atoms with Gasteiger partial charge >= 0.3 is 11.9 Å². The molecular formula is C61H58N2O8. The molecule has 360 valence electrons. The smallest absolute Gasteiger partial charge is 0.339 e. The van der Waals surface area contributed by atoms with Gasteiger partial charge in [0.05, 0.1) is 0 Å². The Hall–Kier alpha value is -8.18. The predicted molar refractivity (Wildman–Crippen MR) is 283 cm³/mol. The molecule has 4 N–H and O–H groups in total. The fraction of sp³-hybridized carbons (Fsp3) is 0.180. The minimum atomic E-state index is -1.28. The number of hydrogen-bond acceptors (Lipinski definition) is 8. The lowest BCUT2D eigenvalue weighted by molar-refractivity contribution is 0.0682. The van der Waals surface area contributed by atoms with Crippen LogP contribution in [0.4, 0.5) is 0 Å². The van der Waals surface area contributed by atoms with E-state index in [1.165, 1.54) is 56.7 Å². The minimum absolute atomic E-state index is 0.0407. The van der Waals surface area contributed by atoms with Crippen LogP contribution in [-0.2, 0) is 19.6 Å². The van der Waals surface area contributed by atoms with Crippen molar-refractivity contribution in [2.24, 2.45) is 0 Å². The third kappa shape index (κ3) is 11.3. The van der Waals surface area contributed by atoms with Crippen molar-refractivity contribution in [2.75, 3.05) is 41.3 Å². The van der Waals surface area contributed by atoms with Crippen molar-refractivity contribution in [2.45, 2.75) is 32.5 Å². The Kier molecular flexibility index (Phi) is 15.6. The molecule has 0 bridgehead atoms. The first-order valence-corrected chi connectivity index (χ1v) is 23.6. The zero-order chi connectivity index (χ0) is 50.0. The highest BCUT2D eigenvalue weighted by molar-refractivity contribution is 6.02. The molecule has 0 saturated heterocycles. The van der Waals surface area contributed by atoms with Gasteiger partial charge in [-0.25, -0.2) is 9.59 Å². The number of rotatable bonds is 10. The van der Waals surface area contributed by atoms with E-state index in [0.29, 0.717) is 45.9 Å². The molecule has 0 atom stereocenters. The van der Waals surface area contributed by atoms with Gasteiger partial charge in [-0.15, -0.1) is 0 Å². The minimum Gasteiger partial charge on any atom is -0.507 e. The number of carbonyl (C=O) groups is 2. The highest BCUT2D eigenvalue weighted by Gasteiger charge is 2.24. The van der Waals surface area contributed by atoms with Gasteiger partial charge in [-0.2, -0.15) is 0 Å². The van der Waals surface area contributed by atoms with Gasteiger partial charge in [0.1, 0.15) is 47.3 Å². The third-order valence-corrected chi connectivity index (χ3v) is 12.7. The first kappa shape index (κ1) is 49.2.